The average molecular weight is 294 g/mol. The molecule has 1 aliphatic heterocycles. The molecule has 1 aliphatic rings. The van der Waals surface area contributed by atoms with Gasteiger partial charge in [0, 0.05) is 25.2 Å². The van der Waals surface area contributed by atoms with Crippen molar-refractivity contribution < 1.29 is 9.72 Å². The molecule has 2 rings (SSSR count). The number of nitrogens with one attached hydrogen (secondary N) is 1. The van der Waals surface area contributed by atoms with Crippen molar-refractivity contribution in [3.63, 3.8) is 0 Å². The molecule has 1 aromatic heterocycles. The fraction of sp³-hybridized carbons (Fsp3) is 0.643. The predicted octanol–water partition coefficient (Wildman–Crippen LogP) is 1.54. The molecule has 1 amide bonds. The number of likely N-dealkylation sites (N-methyl/N-ethyl adjacent to an activating group) is 1. The standard InChI is InChI=1S/C14H22N4O3/c1-3-17(10-11-6-4-5-9-15-11)14(19)12-7-8-13(16(12)2)18(20)21/h7-8,11,15H,3-6,9-10H2,1-2H3. The van der Waals surface area contributed by atoms with Crippen LogP contribution in [-0.4, -0.2) is 46.0 Å². The molecule has 116 valence electrons. The first-order chi connectivity index (χ1) is 10.0. The van der Waals surface area contributed by atoms with Crippen LogP contribution in [0.1, 0.15) is 36.7 Å². The summed E-state index contributed by atoms with van der Waals surface area (Å²) in [6, 6.07) is 3.22. The van der Waals surface area contributed by atoms with E-state index in [0.717, 1.165) is 13.0 Å². The van der Waals surface area contributed by atoms with E-state index in [1.807, 2.05) is 6.92 Å². The molecule has 7 heteroatoms. The zero-order valence-electron chi connectivity index (χ0n) is 12.5. The molecule has 1 saturated heterocycles. The Morgan fingerprint density at radius 1 is 1.52 bits per heavy atom. The van der Waals surface area contributed by atoms with Gasteiger partial charge in [-0.3, -0.25) is 4.79 Å². The van der Waals surface area contributed by atoms with Crippen LogP contribution in [0.5, 0.6) is 0 Å². The minimum atomic E-state index is -0.476. The normalized spacial score (nSPS) is 18.5. The second kappa shape index (κ2) is 6.71. The molecule has 0 radical (unpaired) electrons. The fourth-order valence-electron chi connectivity index (χ4n) is 2.76. The maximum absolute atomic E-state index is 12.6. The first kappa shape index (κ1) is 15.5. The summed E-state index contributed by atoms with van der Waals surface area (Å²) in [4.78, 5) is 24.7. The number of carbonyl (C=O) groups excluding carboxylic acids is 1. The van der Waals surface area contributed by atoms with Gasteiger partial charge in [0.1, 0.15) is 0 Å². The monoisotopic (exact) mass is 294 g/mol. The lowest BCUT2D eigenvalue weighted by Gasteiger charge is -2.29. The Balaban J connectivity index is 2.10. The van der Waals surface area contributed by atoms with Crippen molar-refractivity contribution in [3.8, 4) is 0 Å². The maximum Gasteiger partial charge on any atom is 0.323 e. The molecule has 1 fully saturated rings. The van der Waals surface area contributed by atoms with Gasteiger partial charge in [0.15, 0.2) is 5.69 Å². The topological polar surface area (TPSA) is 80.4 Å². The highest BCUT2D eigenvalue weighted by Gasteiger charge is 2.26. The number of nitro groups is 1. The second-order valence-electron chi connectivity index (χ2n) is 5.38. The Morgan fingerprint density at radius 2 is 2.29 bits per heavy atom. The molecule has 2 heterocycles. The summed E-state index contributed by atoms with van der Waals surface area (Å²) in [6.07, 6.45) is 3.43. The first-order valence-electron chi connectivity index (χ1n) is 7.37. The molecule has 0 aromatic carbocycles. The summed E-state index contributed by atoms with van der Waals surface area (Å²) in [5.74, 6) is -0.217. The van der Waals surface area contributed by atoms with Gasteiger partial charge in [-0.05, 0) is 37.3 Å². The molecule has 0 aliphatic carbocycles. The van der Waals surface area contributed by atoms with Gasteiger partial charge >= 0.3 is 5.82 Å². The number of carbonyl (C=O) groups is 1. The Morgan fingerprint density at radius 3 is 2.81 bits per heavy atom. The molecule has 7 nitrogen and oxygen atoms in total. The number of aromatic nitrogens is 1. The highest BCUT2D eigenvalue weighted by molar-refractivity contribution is 5.93. The third-order valence-corrected chi connectivity index (χ3v) is 4.02. The van der Waals surface area contributed by atoms with Gasteiger partial charge in [-0.15, -0.1) is 0 Å². The Kier molecular flexibility index (Phi) is 4.95. The van der Waals surface area contributed by atoms with Crippen LogP contribution in [0, 0.1) is 10.1 Å². The van der Waals surface area contributed by atoms with E-state index in [-0.39, 0.29) is 11.7 Å². The van der Waals surface area contributed by atoms with Crippen molar-refractivity contribution in [3.05, 3.63) is 27.9 Å². The van der Waals surface area contributed by atoms with Crippen molar-refractivity contribution in [2.24, 2.45) is 7.05 Å². The number of nitrogens with zero attached hydrogens (tertiary/aromatic N) is 3. The van der Waals surface area contributed by atoms with E-state index in [1.165, 1.54) is 29.5 Å². The molecule has 1 atom stereocenters. The van der Waals surface area contributed by atoms with Crippen molar-refractivity contribution >= 4 is 11.7 Å². The Bertz CT molecular complexity index is 520. The number of hydrogen-bond acceptors (Lipinski definition) is 4. The highest BCUT2D eigenvalue weighted by Crippen LogP contribution is 2.17. The molecular weight excluding hydrogens is 272 g/mol. The van der Waals surface area contributed by atoms with Crippen molar-refractivity contribution in [2.45, 2.75) is 32.2 Å². The molecule has 0 bridgehead atoms. The zero-order chi connectivity index (χ0) is 15.4. The van der Waals surface area contributed by atoms with Crippen LogP contribution in [0.4, 0.5) is 5.82 Å². The third kappa shape index (κ3) is 3.41. The smallest absolute Gasteiger partial charge is 0.323 e. The molecular formula is C14H22N4O3. The summed E-state index contributed by atoms with van der Waals surface area (Å²) >= 11 is 0. The molecule has 0 saturated carbocycles. The maximum atomic E-state index is 12.6. The summed E-state index contributed by atoms with van der Waals surface area (Å²) in [5.41, 5.74) is 0.361. The van der Waals surface area contributed by atoms with Crippen LogP contribution in [0.3, 0.4) is 0 Å². The van der Waals surface area contributed by atoms with Crippen LogP contribution in [0.2, 0.25) is 0 Å². The number of rotatable bonds is 5. The van der Waals surface area contributed by atoms with Crippen molar-refractivity contribution in [2.75, 3.05) is 19.6 Å². The first-order valence-corrected chi connectivity index (χ1v) is 7.37. The predicted molar refractivity (Wildman–Crippen MR) is 79.3 cm³/mol. The average Bonchev–Trinajstić information content (AvgIpc) is 2.87. The van der Waals surface area contributed by atoms with Crippen LogP contribution in [0.15, 0.2) is 12.1 Å². The van der Waals surface area contributed by atoms with Gasteiger partial charge in [-0.2, -0.15) is 0 Å². The minimum Gasteiger partial charge on any atom is -0.358 e. The quantitative estimate of drug-likeness (QED) is 0.660. The van der Waals surface area contributed by atoms with Gasteiger partial charge in [-0.25, -0.2) is 4.57 Å². The summed E-state index contributed by atoms with van der Waals surface area (Å²) < 4.78 is 1.35. The van der Waals surface area contributed by atoms with E-state index in [0.29, 0.717) is 24.8 Å². The lowest BCUT2D eigenvalue weighted by Crippen LogP contribution is -2.46. The van der Waals surface area contributed by atoms with Gasteiger partial charge in [0.2, 0.25) is 0 Å². The zero-order valence-corrected chi connectivity index (χ0v) is 12.5. The van der Waals surface area contributed by atoms with E-state index in [2.05, 4.69) is 5.32 Å². The largest absolute Gasteiger partial charge is 0.358 e. The Labute approximate surface area is 124 Å². The van der Waals surface area contributed by atoms with E-state index in [1.54, 1.807) is 11.9 Å². The number of amides is 1. The molecule has 1 aromatic rings. The van der Waals surface area contributed by atoms with Crippen LogP contribution in [0.25, 0.3) is 0 Å². The summed E-state index contributed by atoms with van der Waals surface area (Å²) in [5, 5.41) is 14.3. The molecule has 21 heavy (non-hydrogen) atoms. The number of hydrogen-bond donors (Lipinski definition) is 1. The molecule has 1 unspecified atom stereocenters. The number of piperidine rings is 1. The van der Waals surface area contributed by atoms with Crippen molar-refractivity contribution in [1.29, 1.82) is 0 Å². The third-order valence-electron chi connectivity index (χ3n) is 4.02. The van der Waals surface area contributed by atoms with Crippen LogP contribution >= 0.6 is 0 Å². The lowest BCUT2D eigenvalue weighted by atomic mass is 10.0. The summed E-state index contributed by atoms with van der Waals surface area (Å²) in [7, 11) is 1.55. The molecule has 0 spiro atoms. The molecule has 1 N–H and O–H groups in total. The van der Waals surface area contributed by atoms with E-state index >= 15 is 0 Å². The van der Waals surface area contributed by atoms with E-state index < -0.39 is 4.92 Å². The van der Waals surface area contributed by atoms with Crippen LogP contribution in [-0.2, 0) is 7.05 Å². The SMILES string of the molecule is CCN(CC1CCCCN1)C(=O)c1ccc([N+](=O)[O-])n1C. The van der Waals surface area contributed by atoms with Gasteiger partial charge in [-0.1, -0.05) is 6.42 Å². The van der Waals surface area contributed by atoms with E-state index in [4.69, 9.17) is 0 Å². The highest BCUT2D eigenvalue weighted by atomic mass is 16.6. The minimum absolute atomic E-state index is 0.0646. The van der Waals surface area contributed by atoms with Crippen molar-refractivity contribution in [1.82, 2.24) is 14.8 Å². The van der Waals surface area contributed by atoms with Crippen LogP contribution < -0.4 is 5.32 Å². The lowest BCUT2D eigenvalue weighted by molar-refractivity contribution is -0.391. The Hall–Kier alpha value is -1.89. The van der Waals surface area contributed by atoms with Gasteiger partial charge in [0.05, 0.1) is 7.05 Å². The fourth-order valence-corrected chi connectivity index (χ4v) is 2.76. The second-order valence-corrected chi connectivity index (χ2v) is 5.38. The van der Waals surface area contributed by atoms with E-state index in [9.17, 15) is 14.9 Å². The van der Waals surface area contributed by atoms with Gasteiger partial charge < -0.3 is 20.3 Å². The van der Waals surface area contributed by atoms with Gasteiger partial charge in [0.25, 0.3) is 5.91 Å². The summed E-state index contributed by atoms with van der Waals surface area (Å²) in [6.45, 7) is 4.16.